The lowest BCUT2D eigenvalue weighted by Gasteiger charge is -2.37. The minimum absolute atomic E-state index is 0.0252. The fourth-order valence-corrected chi connectivity index (χ4v) is 5.50. The predicted octanol–water partition coefficient (Wildman–Crippen LogP) is 3.26. The van der Waals surface area contributed by atoms with Crippen LogP contribution in [-0.4, -0.2) is 47.9 Å². The topological polar surface area (TPSA) is 96.9 Å². The smallest absolute Gasteiger partial charge is 0.224 e. The maximum Gasteiger partial charge on any atom is 0.224 e. The molecule has 1 saturated heterocycles. The number of hydrogen-bond acceptors (Lipinski definition) is 5. The van der Waals surface area contributed by atoms with Gasteiger partial charge in [0, 0.05) is 29.6 Å². The van der Waals surface area contributed by atoms with Crippen molar-refractivity contribution in [1.29, 1.82) is 0 Å². The Morgan fingerprint density at radius 3 is 2.59 bits per heavy atom. The number of hydrogen-bond donors (Lipinski definition) is 3. The third-order valence-electron chi connectivity index (χ3n) is 7.34. The van der Waals surface area contributed by atoms with Crippen LogP contribution in [0.1, 0.15) is 75.7 Å². The molecule has 1 aromatic rings. The molecule has 32 heavy (non-hydrogen) atoms. The molecular weight excluding hydrogens is 408 g/mol. The highest BCUT2D eigenvalue weighted by Crippen LogP contribution is 2.47. The summed E-state index contributed by atoms with van der Waals surface area (Å²) in [5.41, 5.74) is 1.80. The highest BCUT2D eigenvalue weighted by Gasteiger charge is 2.46. The summed E-state index contributed by atoms with van der Waals surface area (Å²) in [6.45, 7) is -0.152. The van der Waals surface area contributed by atoms with Gasteiger partial charge in [0.2, 0.25) is 11.8 Å². The Labute approximate surface area is 189 Å². The molecule has 4 aliphatic rings. The van der Waals surface area contributed by atoms with Gasteiger partial charge in [-0.25, -0.2) is 0 Å². The Hall–Kier alpha value is -2.12. The second-order valence-corrected chi connectivity index (χ2v) is 9.96. The molecule has 2 amide bonds. The molecule has 3 N–H and O–H groups in total. The third-order valence-corrected chi connectivity index (χ3v) is 7.34. The molecule has 3 fully saturated rings. The summed E-state index contributed by atoms with van der Waals surface area (Å²) in [6, 6.07) is 6.02. The van der Waals surface area contributed by atoms with Crippen LogP contribution in [0.25, 0.3) is 0 Å². The Morgan fingerprint density at radius 1 is 1.03 bits per heavy atom. The SMILES string of the molecule is O=C(CC1CC1)Nc1ccc2c(c1)[C@H]1C[C@@H](CC(=O)NC3CCCCC3)O[C@@H](CO)[C@H]1O2. The van der Waals surface area contributed by atoms with E-state index in [2.05, 4.69) is 10.6 Å². The summed E-state index contributed by atoms with van der Waals surface area (Å²) in [7, 11) is 0. The van der Waals surface area contributed by atoms with E-state index in [0.717, 1.165) is 42.7 Å². The lowest BCUT2D eigenvalue weighted by molar-refractivity contribution is -0.142. The van der Waals surface area contributed by atoms with Crippen LogP contribution in [0.4, 0.5) is 5.69 Å². The van der Waals surface area contributed by atoms with Gasteiger partial charge in [0.25, 0.3) is 0 Å². The number of carbonyl (C=O) groups is 2. The van der Waals surface area contributed by atoms with Crippen LogP contribution in [0.5, 0.6) is 5.75 Å². The number of ether oxygens (including phenoxy) is 2. The largest absolute Gasteiger partial charge is 0.487 e. The number of amides is 2. The van der Waals surface area contributed by atoms with Gasteiger partial charge in [0.1, 0.15) is 18.0 Å². The van der Waals surface area contributed by atoms with Gasteiger partial charge < -0.3 is 25.2 Å². The van der Waals surface area contributed by atoms with Crippen molar-refractivity contribution < 1.29 is 24.2 Å². The molecule has 5 rings (SSSR count). The van der Waals surface area contributed by atoms with Crippen molar-refractivity contribution in [2.75, 3.05) is 11.9 Å². The summed E-state index contributed by atoms with van der Waals surface area (Å²) in [4.78, 5) is 24.9. The van der Waals surface area contributed by atoms with E-state index in [4.69, 9.17) is 9.47 Å². The lowest BCUT2D eigenvalue weighted by atomic mass is 9.84. The molecule has 2 heterocycles. The van der Waals surface area contributed by atoms with Crippen molar-refractivity contribution >= 4 is 17.5 Å². The van der Waals surface area contributed by atoms with Crippen LogP contribution in [0.2, 0.25) is 0 Å². The van der Waals surface area contributed by atoms with Gasteiger partial charge in [-0.2, -0.15) is 0 Å². The second-order valence-electron chi connectivity index (χ2n) is 9.96. The summed E-state index contributed by atoms with van der Waals surface area (Å²) < 4.78 is 12.2. The first-order valence-electron chi connectivity index (χ1n) is 12.2. The summed E-state index contributed by atoms with van der Waals surface area (Å²) in [5.74, 6) is 1.43. The molecular formula is C25H34N2O5. The van der Waals surface area contributed by atoms with Gasteiger partial charge in [0.05, 0.1) is 19.1 Å². The first-order valence-corrected chi connectivity index (χ1v) is 12.2. The van der Waals surface area contributed by atoms with Crippen LogP contribution in [0.15, 0.2) is 18.2 Å². The van der Waals surface area contributed by atoms with Crippen LogP contribution >= 0.6 is 0 Å². The number of anilines is 1. The number of aliphatic hydroxyl groups excluding tert-OH is 1. The minimum Gasteiger partial charge on any atom is -0.487 e. The quantitative estimate of drug-likeness (QED) is 0.602. The standard InChI is InChI=1S/C25H34N2O5/c28-14-22-25-20(12-18(31-22)13-24(30)26-16-4-2-1-3-5-16)19-11-17(8-9-21(19)32-25)27-23(29)10-15-6-7-15/h8-9,11,15-16,18,20,22,25,28H,1-7,10,12-14H2,(H,26,30)(H,27,29)/t18-,20+,22-,25-/m0/s1. The van der Waals surface area contributed by atoms with Crippen LogP contribution in [-0.2, 0) is 14.3 Å². The first kappa shape index (κ1) is 21.7. The maximum absolute atomic E-state index is 12.6. The number of aliphatic hydroxyl groups is 1. The van der Waals surface area contributed by atoms with Crippen molar-refractivity contribution in [3.63, 3.8) is 0 Å². The molecule has 174 valence electrons. The summed E-state index contributed by atoms with van der Waals surface area (Å²) >= 11 is 0. The Kier molecular flexibility index (Phi) is 6.37. The number of nitrogens with one attached hydrogen (secondary N) is 2. The van der Waals surface area contributed by atoms with Crippen molar-refractivity contribution in [2.45, 2.75) is 94.5 Å². The third kappa shape index (κ3) is 4.94. The number of benzene rings is 1. The van der Waals surface area contributed by atoms with E-state index < -0.39 is 6.10 Å². The summed E-state index contributed by atoms with van der Waals surface area (Å²) in [6.07, 6.45) is 8.53. The predicted molar refractivity (Wildman–Crippen MR) is 120 cm³/mol. The van der Waals surface area contributed by atoms with Crippen LogP contribution in [0.3, 0.4) is 0 Å². The van der Waals surface area contributed by atoms with E-state index in [1.165, 1.54) is 19.3 Å². The summed E-state index contributed by atoms with van der Waals surface area (Å²) in [5, 5.41) is 16.1. The van der Waals surface area contributed by atoms with Crippen molar-refractivity contribution in [3.8, 4) is 5.75 Å². The van der Waals surface area contributed by atoms with Gasteiger partial charge in [-0.15, -0.1) is 0 Å². The van der Waals surface area contributed by atoms with Gasteiger partial charge in [0.15, 0.2) is 0 Å². The molecule has 4 atom stereocenters. The number of rotatable bonds is 7. The zero-order valence-corrected chi connectivity index (χ0v) is 18.6. The van der Waals surface area contributed by atoms with Crippen molar-refractivity contribution in [3.05, 3.63) is 23.8 Å². The van der Waals surface area contributed by atoms with Crippen molar-refractivity contribution in [1.82, 2.24) is 5.32 Å². The molecule has 2 saturated carbocycles. The van der Waals surface area contributed by atoms with Crippen LogP contribution < -0.4 is 15.4 Å². The highest BCUT2D eigenvalue weighted by atomic mass is 16.6. The second kappa shape index (κ2) is 9.40. The van der Waals surface area contributed by atoms with E-state index >= 15 is 0 Å². The zero-order chi connectivity index (χ0) is 22.1. The average molecular weight is 443 g/mol. The van der Waals surface area contributed by atoms with Gasteiger partial charge >= 0.3 is 0 Å². The lowest BCUT2D eigenvalue weighted by Crippen LogP contribution is -2.48. The normalized spacial score (nSPS) is 29.5. The molecule has 1 aromatic carbocycles. The maximum atomic E-state index is 12.6. The molecule has 0 radical (unpaired) electrons. The molecule has 2 aliphatic heterocycles. The molecule has 0 bridgehead atoms. The van der Waals surface area contributed by atoms with Gasteiger partial charge in [-0.3, -0.25) is 9.59 Å². The molecule has 0 spiro atoms. The Balaban J connectivity index is 1.24. The highest BCUT2D eigenvalue weighted by molar-refractivity contribution is 5.91. The zero-order valence-electron chi connectivity index (χ0n) is 18.6. The molecule has 0 unspecified atom stereocenters. The van der Waals surface area contributed by atoms with E-state index in [1.807, 2.05) is 18.2 Å². The van der Waals surface area contributed by atoms with Gasteiger partial charge in [-0.05, 0) is 56.2 Å². The van der Waals surface area contributed by atoms with E-state index in [0.29, 0.717) is 25.2 Å². The minimum atomic E-state index is -0.471. The fraction of sp³-hybridized carbons (Fsp3) is 0.680. The Morgan fingerprint density at radius 2 is 1.84 bits per heavy atom. The monoisotopic (exact) mass is 442 g/mol. The number of carbonyl (C=O) groups excluding carboxylic acids is 2. The molecule has 7 nitrogen and oxygen atoms in total. The average Bonchev–Trinajstić information content (AvgIpc) is 3.52. The van der Waals surface area contributed by atoms with Crippen molar-refractivity contribution in [2.24, 2.45) is 5.92 Å². The van der Waals surface area contributed by atoms with E-state index in [1.54, 1.807) is 0 Å². The number of fused-ring (bicyclic) bond motifs is 3. The van der Waals surface area contributed by atoms with E-state index in [-0.39, 0.29) is 42.6 Å². The Bertz CT molecular complexity index is 849. The molecule has 2 aliphatic carbocycles. The van der Waals surface area contributed by atoms with Crippen LogP contribution in [0, 0.1) is 5.92 Å². The first-order chi connectivity index (χ1) is 15.6. The van der Waals surface area contributed by atoms with E-state index in [9.17, 15) is 14.7 Å². The fourth-order valence-electron chi connectivity index (χ4n) is 5.50. The van der Waals surface area contributed by atoms with Gasteiger partial charge in [-0.1, -0.05) is 19.3 Å². The molecule has 0 aromatic heterocycles. The molecule has 7 heteroatoms.